The lowest BCUT2D eigenvalue weighted by Crippen LogP contribution is -2.42. The minimum Gasteiger partial charge on any atom is -0.389 e. The van der Waals surface area contributed by atoms with E-state index in [0.717, 1.165) is 23.6 Å². The fraction of sp³-hybridized carbons (Fsp3) is 0.724. The Kier molecular flexibility index (Phi) is 7.00. The Morgan fingerprint density at radius 1 is 1.20 bits per heavy atom. The molecule has 0 spiro atoms. The summed E-state index contributed by atoms with van der Waals surface area (Å²) in [6.07, 6.45) is 11.0. The molecule has 2 heterocycles. The van der Waals surface area contributed by atoms with Gasteiger partial charge in [0.1, 0.15) is 6.17 Å². The van der Waals surface area contributed by atoms with E-state index in [2.05, 4.69) is 55.9 Å². The number of carbonyl (C=O) groups excluding carboxylic acids is 1. The minimum absolute atomic E-state index is 0.0204. The van der Waals surface area contributed by atoms with Crippen LogP contribution in [0.15, 0.2) is 22.8 Å². The SMILES string of the molecule is Cc1c(C(=O)NCC(C)(C)O)cc(C2=NC(C3(C)CC3)NC(C(C)(C)C)=C2)n1CC1CCCCC1. The van der Waals surface area contributed by atoms with Crippen LogP contribution in [0.1, 0.15) is 108 Å². The zero-order chi connectivity index (χ0) is 25.6. The predicted molar refractivity (Wildman–Crippen MR) is 143 cm³/mol. The van der Waals surface area contributed by atoms with Gasteiger partial charge < -0.3 is 20.3 Å². The number of rotatable bonds is 7. The summed E-state index contributed by atoms with van der Waals surface area (Å²) in [5.41, 5.74) is 4.11. The predicted octanol–water partition coefficient (Wildman–Crippen LogP) is 5.33. The van der Waals surface area contributed by atoms with Gasteiger partial charge in [-0.3, -0.25) is 9.79 Å². The van der Waals surface area contributed by atoms with Crippen LogP contribution in [0.5, 0.6) is 0 Å². The third-order valence-corrected chi connectivity index (χ3v) is 8.07. The Morgan fingerprint density at radius 3 is 2.43 bits per heavy atom. The van der Waals surface area contributed by atoms with Crippen molar-refractivity contribution in [1.82, 2.24) is 15.2 Å². The molecule has 6 nitrogen and oxygen atoms in total. The van der Waals surface area contributed by atoms with Crippen LogP contribution >= 0.6 is 0 Å². The second-order valence-corrected chi connectivity index (χ2v) is 13.2. The molecule has 0 radical (unpaired) electrons. The summed E-state index contributed by atoms with van der Waals surface area (Å²) in [5.74, 6) is 0.500. The van der Waals surface area contributed by atoms with E-state index in [0.29, 0.717) is 11.5 Å². The van der Waals surface area contributed by atoms with Crippen molar-refractivity contribution in [1.29, 1.82) is 0 Å². The van der Waals surface area contributed by atoms with Crippen LogP contribution in [0.2, 0.25) is 0 Å². The van der Waals surface area contributed by atoms with Crippen molar-refractivity contribution in [2.45, 2.75) is 112 Å². The molecule has 1 unspecified atom stereocenters. The van der Waals surface area contributed by atoms with E-state index < -0.39 is 5.60 Å². The number of amides is 1. The van der Waals surface area contributed by atoms with Gasteiger partial charge >= 0.3 is 0 Å². The fourth-order valence-electron chi connectivity index (χ4n) is 5.25. The highest BCUT2D eigenvalue weighted by molar-refractivity contribution is 6.10. The number of allylic oxidation sites excluding steroid dienone is 2. The Hall–Kier alpha value is -2.08. The second kappa shape index (κ2) is 9.42. The zero-order valence-corrected chi connectivity index (χ0v) is 22.9. The molecule has 2 saturated carbocycles. The number of nitrogens with zero attached hydrogens (tertiary/aromatic N) is 2. The standard InChI is InChI=1S/C29H46N4O2/c1-19-21(25(34)30-18-28(5,6)35)15-23(33(19)17-20-11-9-8-10-12-20)22-16-24(27(2,3)4)32-26(31-22)29(7)13-14-29/h15-16,20,26,32,35H,8-14,17-18H2,1-7H3,(H,30,34). The smallest absolute Gasteiger partial charge is 0.253 e. The van der Waals surface area contributed by atoms with E-state index >= 15 is 0 Å². The Morgan fingerprint density at radius 2 is 1.86 bits per heavy atom. The molecule has 1 aliphatic heterocycles. The topological polar surface area (TPSA) is 78.7 Å². The zero-order valence-electron chi connectivity index (χ0n) is 22.9. The van der Waals surface area contributed by atoms with E-state index in [-0.39, 0.29) is 29.4 Å². The maximum Gasteiger partial charge on any atom is 0.253 e. The van der Waals surface area contributed by atoms with Gasteiger partial charge in [0.15, 0.2) is 0 Å². The van der Waals surface area contributed by atoms with Gasteiger partial charge in [-0.25, -0.2) is 0 Å². The molecule has 0 aromatic carbocycles. The lowest BCUT2D eigenvalue weighted by molar-refractivity contribution is 0.0694. The maximum absolute atomic E-state index is 13.2. The van der Waals surface area contributed by atoms with E-state index in [1.165, 1.54) is 50.6 Å². The summed E-state index contributed by atoms with van der Waals surface area (Å²) < 4.78 is 2.35. The number of hydrogen-bond acceptors (Lipinski definition) is 4. The van der Waals surface area contributed by atoms with Crippen LogP contribution in [0.25, 0.3) is 0 Å². The number of nitrogens with one attached hydrogen (secondary N) is 2. The molecule has 4 rings (SSSR count). The quantitative estimate of drug-likeness (QED) is 0.492. The fourth-order valence-corrected chi connectivity index (χ4v) is 5.25. The molecule has 1 atom stereocenters. The summed E-state index contributed by atoms with van der Waals surface area (Å²) in [5, 5.41) is 16.8. The monoisotopic (exact) mass is 482 g/mol. The first-order valence-electron chi connectivity index (χ1n) is 13.5. The summed E-state index contributed by atoms with van der Waals surface area (Å²) in [4.78, 5) is 18.4. The van der Waals surface area contributed by atoms with E-state index in [1.807, 2.05) is 6.07 Å². The highest BCUT2D eigenvalue weighted by atomic mass is 16.3. The molecule has 0 saturated heterocycles. The van der Waals surface area contributed by atoms with Crippen molar-refractivity contribution in [2.24, 2.45) is 21.7 Å². The lowest BCUT2D eigenvalue weighted by Gasteiger charge is -2.34. The molecule has 6 heteroatoms. The average molecular weight is 483 g/mol. The molecule has 35 heavy (non-hydrogen) atoms. The number of hydrogen-bond donors (Lipinski definition) is 3. The van der Waals surface area contributed by atoms with Gasteiger partial charge in [-0.05, 0) is 64.5 Å². The molecule has 1 aromatic heterocycles. The van der Waals surface area contributed by atoms with Gasteiger partial charge in [0.2, 0.25) is 0 Å². The van der Waals surface area contributed by atoms with Crippen LogP contribution < -0.4 is 10.6 Å². The summed E-state index contributed by atoms with van der Waals surface area (Å²) in [6, 6.07) is 2.03. The van der Waals surface area contributed by atoms with Crippen molar-refractivity contribution in [3.05, 3.63) is 34.8 Å². The van der Waals surface area contributed by atoms with Crippen LogP contribution in [-0.4, -0.2) is 39.6 Å². The number of aliphatic imine (C=N–C) groups is 1. The van der Waals surface area contributed by atoms with Crippen LogP contribution in [0.3, 0.4) is 0 Å². The van der Waals surface area contributed by atoms with Crippen LogP contribution in [0, 0.1) is 23.7 Å². The molecule has 1 aromatic rings. The second-order valence-electron chi connectivity index (χ2n) is 13.2. The third-order valence-electron chi connectivity index (χ3n) is 8.07. The molecule has 2 fully saturated rings. The van der Waals surface area contributed by atoms with Crippen LogP contribution in [0.4, 0.5) is 0 Å². The van der Waals surface area contributed by atoms with Gasteiger partial charge in [0, 0.05) is 35.3 Å². The normalized spacial score (nSPS) is 22.8. The van der Waals surface area contributed by atoms with Crippen molar-refractivity contribution < 1.29 is 9.90 Å². The Balaban J connectivity index is 1.75. The van der Waals surface area contributed by atoms with E-state index in [1.54, 1.807) is 13.8 Å². The Labute approximate surface area is 211 Å². The van der Waals surface area contributed by atoms with Gasteiger partial charge in [-0.15, -0.1) is 0 Å². The third kappa shape index (κ3) is 6.02. The first-order valence-corrected chi connectivity index (χ1v) is 13.5. The molecule has 1 amide bonds. The highest BCUT2D eigenvalue weighted by Crippen LogP contribution is 2.50. The van der Waals surface area contributed by atoms with Gasteiger partial charge in [0.25, 0.3) is 5.91 Å². The molecular formula is C29H46N4O2. The molecule has 2 aliphatic carbocycles. The number of carbonyl (C=O) groups is 1. The van der Waals surface area contributed by atoms with E-state index in [4.69, 9.17) is 4.99 Å². The molecule has 194 valence electrons. The van der Waals surface area contributed by atoms with Crippen molar-refractivity contribution in [3.8, 4) is 0 Å². The van der Waals surface area contributed by atoms with Gasteiger partial charge in [-0.2, -0.15) is 0 Å². The molecule has 0 bridgehead atoms. The van der Waals surface area contributed by atoms with Crippen molar-refractivity contribution >= 4 is 11.6 Å². The maximum atomic E-state index is 13.2. The largest absolute Gasteiger partial charge is 0.389 e. The first-order chi connectivity index (χ1) is 16.3. The summed E-state index contributed by atoms with van der Waals surface area (Å²) >= 11 is 0. The summed E-state index contributed by atoms with van der Waals surface area (Å²) in [7, 11) is 0. The Bertz CT molecular complexity index is 1010. The number of aliphatic hydroxyl groups is 1. The minimum atomic E-state index is -0.951. The summed E-state index contributed by atoms with van der Waals surface area (Å²) in [6.45, 7) is 15.7. The molecule has 3 aliphatic rings. The van der Waals surface area contributed by atoms with Gasteiger partial charge in [-0.1, -0.05) is 47.0 Å². The molecule has 3 N–H and O–H groups in total. The van der Waals surface area contributed by atoms with Crippen molar-refractivity contribution in [3.63, 3.8) is 0 Å². The highest BCUT2D eigenvalue weighted by Gasteiger charge is 2.47. The van der Waals surface area contributed by atoms with Crippen LogP contribution in [-0.2, 0) is 6.54 Å². The van der Waals surface area contributed by atoms with E-state index in [9.17, 15) is 9.90 Å². The average Bonchev–Trinajstić information content (AvgIpc) is 3.46. The van der Waals surface area contributed by atoms with Gasteiger partial charge in [0.05, 0.1) is 22.6 Å². The first kappa shape index (κ1) is 26.0. The lowest BCUT2D eigenvalue weighted by atomic mass is 9.88. The van der Waals surface area contributed by atoms with Crippen molar-refractivity contribution in [2.75, 3.05) is 6.54 Å². The molecular weight excluding hydrogens is 436 g/mol. The number of aromatic nitrogens is 1.